The molecule has 0 unspecified atom stereocenters. The largest absolute Gasteiger partial charge is 0.494 e. The molecular formula is C24H24O4. The highest BCUT2D eigenvalue weighted by atomic mass is 16.5. The van der Waals surface area contributed by atoms with Gasteiger partial charge in [0, 0.05) is 0 Å². The average Bonchev–Trinajstić information content (AvgIpc) is 2.75. The Bertz CT molecular complexity index is 855. The smallest absolute Gasteiger partial charge is 0.343 e. The third-order valence-electron chi connectivity index (χ3n) is 4.14. The molecule has 3 aromatic rings. The lowest BCUT2D eigenvalue weighted by atomic mass is 10.2. The molecule has 0 spiro atoms. The Balaban J connectivity index is 1.51. The average molecular weight is 376 g/mol. The van der Waals surface area contributed by atoms with Gasteiger partial charge in [0.15, 0.2) is 0 Å². The monoisotopic (exact) mass is 376 g/mol. The molecule has 0 amide bonds. The van der Waals surface area contributed by atoms with Crippen LogP contribution >= 0.6 is 0 Å². The summed E-state index contributed by atoms with van der Waals surface area (Å²) in [6.45, 7) is 3.29. The van der Waals surface area contributed by atoms with Gasteiger partial charge in [-0.25, -0.2) is 4.79 Å². The van der Waals surface area contributed by atoms with Crippen LogP contribution in [-0.2, 0) is 6.61 Å². The molecule has 4 heteroatoms. The number of hydrogen-bond acceptors (Lipinski definition) is 4. The van der Waals surface area contributed by atoms with Gasteiger partial charge >= 0.3 is 5.97 Å². The normalized spacial score (nSPS) is 10.3. The second kappa shape index (κ2) is 10.2. The molecule has 3 aromatic carbocycles. The molecule has 0 fully saturated rings. The Morgan fingerprint density at radius 3 is 2.04 bits per heavy atom. The summed E-state index contributed by atoms with van der Waals surface area (Å²) in [5, 5.41) is 0. The highest BCUT2D eigenvalue weighted by Gasteiger charge is 2.09. The molecule has 0 saturated heterocycles. The Hall–Kier alpha value is -3.27. The van der Waals surface area contributed by atoms with E-state index < -0.39 is 5.97 Å². The number of carbonyl (C=O) groups is 1. The van der Waals surface area contributed by atoms with E-state index in [1.165, 1.54) is 0 Å². The molecule has 0 aromatic heterocycles. The summed E-state index contributed by atoms with van der Waals surface area (Å²) in [7, 11) is 0. The lowest BCUT2D eigenvalue weighted by Gasteiger charge is -2.09. The van der Waals surface area contributed by atoms with E-state index in [-0.39, 0.29) is 0 Å². The van der Waals surface area contributed by atoms with Crippen LogP contribution in [0, 0.1) is 0 Å². The van der Waals surface area contributed by atoms with Gasteiger partial charge in [0.05, 0.1) is 12.2 Å². The van der Waals surface area contributed by atoms with Crippen LogP contribution in [0.3, 0.4) is 0 Å². The summed E-state index contributed by atoms with van der Waals surface area (Å²) < 4.78 is 16.8. The summed E-state index contributed by atoms with van der Waals surface area (Å²) >= 11 is 0. The third-order valence-corrected chi connectivity index (χ3v) is 4.14. The molecule has 0 aliphatic carbocycles. The predicted octanol–water partition coefficient (Wildman–Crippen LogP) is 5.66. The zero-order valence-corrected chi connectivity index (χ0v) is 16.0. The number of hydrogen-bond donors (Lipinski definition) is 0. The zero-order valence-electron chi connectivity index (χ0n) is 16.0. The first-order valence-corrected chi connectivity index (χ1v) is 9.46. The number of unbranched alkanes of at least 4 members (excludes halogenated alkanes) is 1. The van der Waals surface area contributed by atoms with Crippen LogP contribution in [0.4, 0.5) is 0 Å². The van der Waals surface area contributed by atoms with E-state index in [2.05, 4.69) is 6.92 Å². The van der Waals surface area contributed by atoms with E-state index in [9.17, 15) is 4.79 Å². The highest BCUT2D eigenvalue weighted by Crippen LogP contribution is 2.20. The Kier molecular flexibility index (Phi) is 7.08. The Morgan fingerprint density at radius 1 is 0.750 bits per heavy atom. The lowest BCUT2D eigenvalue weighted by Crippen LogP contribution is -2.08. The summed E-state index contributed by atoms with van der Waals surface area (Å²) in [6, 6.07) is 24.0. The SMILES string of the molecule is CCCCOc1ccc(C(=O)Oc2ccc(OCc3ccccc3)cc2)cc1. The maximum Gasteiger partial charge on any atom is 0.343 e. The molecule has 144 valence electrons. The first kappa shape index (κ1) is 19.5. The maximum absolute atomic E-state index is 12.3. The fraction of sp³-hybridized carbons (Fsp3) is 0.208. The summed E-state index contributed by atoms with van der Waals surface area (Å²) in [4.78, 5) is 12.3. The van der Waals surface area contributed by atoms with Crippen LogP contribution in [0.5, 0.6) is 17.2 Å². The van der Waals surface area contributed by atoms with Crippen LogP contribution in [0.1, 0.15) is 35.7 Å². The predicted molar refractivity (Wildman–Crippen MR) is 109 cm³/mol. The molecule has 0 aliphatic heterocycles. The minimum absolute atomic E-state index is 0.405. The summed E-state index contributed by atoms with van der Waals surface area (Å²) in [6.07, 6.45) is 2.09. The van der Waals surface area contributed by atoms with E-state index in [1.807, 2.05) is 30.3 Å². The van der Waals surface area contributed by atoms with Gasteiger partial charge < -0.3 is 14.2 Å². The molecule has 0 N–H and O–H groups in total. The van der Waals surface area contributed by atoms with Crippen LogP contribution in [0.2, 0.25) is 0 Å². The molecule has 0 saturated carbocycles. The van der Waals surface area contributed by atoms with Crippen LogP contribution in [-0.4, -0.2) is 12.6 Å². The minimum atomic E-state index is -0.405. The molecule has 0 heterocycles. The topological polar surface area (TPSA) is 44.8 Å². The van der Waals surface area contributed by atoms with Crippen molar-refractivity contribution in [2.24, 2.45) is 0 Å². The first-order chi connectivity index (χ1) is 13.7. The van der Waals surface area contributed by atoms with Crippen molar-refractivity contribution in [2.45, 2.75) is 26.4 Å². The third kappa shape index (κ3) is 5.88. The van der Waals surface area contributed by atoms with Crippen LogP contribution in [0.15, 0.2) is 78.9 Å². The van der Waals surface area contributed by atoms with Gasteiger partial charge in [0.1, 0.15) is 23.9 Å². The quantitative estimate of drug-likeness (QED) is 0.274. The number of carbonyl (C=O) groups excluding carboxylic acids is 1. The molecule has 28 heavy (non-hydrogen) atoms. The Labute approximate surface area is 165 Å². The van der Waals surface area contributed by atoms with Crippen LogP contribution < -0.4 is 14.2 Å². The van der Waals surface area contributed by atoms with Crippen molar-refractivity contribution in [1.29, 1.82) is 0 Å². The first-order valence-electron chi connectivity index (χ1n) is 9.46. The van der Waals surface area contributed by atoms with Crippen molar-refractivity contribution >= 4 is 5.97 Å². The van der Waals surface area contributed by atoms with Crippen molar-refractivity contribution in [3.8, 4) is 17.2 Å². The van der Waals surface area contributed by atoms with Gasteiger partial charge in [-0.15, -0.1) is 0 Å². The fourth-order valence-electron chi connectivity index (χ4n) is 2.53. The summed E-state index contributed by atoms with van der Waals surface area (Å²) in [5.74, 6) is 1.54. The molecule has 0 bridgehead atoms. The van der Waals surface area contributed by atoms with Crippen LogP contribution in [0.25, 0.3) is 0 Å². The van der Waals surface area contributed by atoms with Gasteiger partial charge in [-0.3, -0.25) is 0 Å². The van der Waals surface area contributed by atoms with Crippen molar-refractivity contribution in [2.75, 3.05) is 6.61 Å². The van der Waals surface area contributed by atoms with E-state index in [0.717, 1.165) is 29.9 Å². The van der Waals surface area contributed by atoms with Gasteiger partial charge in [-0.05, 0) is 60.5 Å². The maximum atomic E-state index is 12.3. The van der Waals surface area contributed by atoms with Gasteiger partial charge in [0.2, 0.25) is 0 Å². The number of ether oxygens (including phenoxy) is 3. The van der Waals surface area contributed by atoms with E-state index in [0.29, 0.717) is 24.5 Å². The van der Waals surface area contributed by atoms with Gasteiger partial charge in [-0.2, -0.15) is 0 Å². The molecule has 0 atom stereocenters. The molecular weight excluding hydrogens is 352 g/mol. The van der Waals surface area contributed by atoms with E-state index in [4.69, 9.17) is 14.2 Å². The Morgan fingerprint density at radius 2 is 1.36 bits per heavy atom. The lowest BCUT2D eigenvalue weighted by molar-refractivity contribution is 0.0734. The highest BCUT2D eigenvalue weighted by molar-refractivity contribution is 5.91. The number of esters is 1. The fourth-order valence-corrected chi connectivity index (χ4v) is 2.53. The second-order valence-corrected chi connectivity index (χ2v) is 6.36. The van der Waals surface area contributed by atoms with E-state index >= 15 is 0 Å². The second-order valence-electron chi connectivity index (χ2n) is 6.36. The van der Waals surface area contributed by atoms with Crippen molar-refractivity contribution < 1.29 is 19.0 Å². The van der Waals surface area contributed by atoms with Gasteiger partial charge in [-0.1, -0.05) is 43.7 Å². The number of benzene rings is 3. The molecule has 4 nitrogen and oxygen atoms in total. The summed E-state index contributed by atoms with van der Waals surface area (Å²) in [5.41, 5.74) is 1.58. The van der Waals surface area contributed by atoms with Gasteiger partial charge in [0.25, 0.3) is 0 Å². The van der Waals surface area contributed by atoms with Crippen molar-refractivity contribution in [1.82, 2.24) is 0 Å². The zero-order chi connectivity index (χ0) is 19.6. The standard InChI is InChI=1S/C24H24O4/c1-2-3-17-26-21-11-9-20(10-12-21)24(25)28-23-15-13-22(14-16-23)27-18-19-7-5-4-6-8-19/h4-16H,2-3,17-18H2,1H3. The minimum Gasteiger partial charge on any atom is -0.494 e. The molecule has 0 aliphatic rings. The number of rotatable bonds is 9. The molecule has 3 rings (SSSR count). The van der Waals surface area contributed by atoms with Crippen molar-refractivity contribution in [3.05, 3.63) is 90.0 Å². The molecule has 0 radical (unpaired) electrons. The van der Waals surface area contributed by atoms with Crippen molar-refractivity contribution in [3.63, 3.8) is 0 Å². The van der Waals surface area contributed by atoms with E-state index in [1.54, 1.807) is 48.5 Å².